The topological polar surface area (TPSA) is 17.1 Å². The second-order valence-electron chi connectivity index (χ2n) is 4.89. The summed E-state index contributed by atoms with van der Waals surface area (Å²) in [6.45, 7) is 8.60. The van der Waals surface area contributed by atoms with E-state index in [1.54, 1.807) is 11.8 Å². The minimum atomic E-state index is 0.153. The molecule has 1 aromatic rings. The van der Waals surface area contributed by atoms with Crippen LogP contribution in [0.3, 0.4) is 0 Å². The number of carbonyl (C=O) groups excluding carboxylic acids is 1. The second kappa shape index (κ2) is 5.53. The van der Waals surface area contributed by atoms with Crippen LogP contribution < -0.4 is 0 Å². The van der Waals surface area contributed by atoms with Crippen LogP contribution in [0.25, 0.3) is 0 Å². The van der Waals surface area contributed by atoms with Gasteiger partial charge in [0.25, 0.3) is 0 Å². The predicted octanol–water partition coefficient (Wildman–Crippen LogP) is 3.92. The molecule has 0 spiro atoms. The summed E-state index contributed by atoms with van der Waals surface area (Å²) in [4.78, 5) is 11.7. The van der Waals surface area contributed by atoms with Crippen LogP contribution in [0.4, 0.5) is 0 Å². The third kappa shape index (κ3) is 3.67. The van der Waals surface area contributed by atoms with Crippen molar-refractivity contribution in [1.82, 2.24) is 0 Å². The highest BCUT2D eigenvalue weighted by molar-refractivity contribution is 7.99. The molecule has 2 heteroatoms. The molecule has 0 saturated carbocycles. The Morgan fingerprint density at radius 1 is 1.19 bits per heavy atom. The molecule has 0 bridgehead atoms. The summed E-state index contributed by atoms with van der Waals surface area (Å²) >= 11 is 1.67. The first kappa shape index (κ1) is 13.3. The highest BCUT2D eigenvalue weighted by Gasteiger charge is 2.14. The molecular weight excluding hydrogens is 216 g/mol. The van der Waals surface area contributed by atoms with Gasteiger partial charge >= 0.3 is 0 Å². The molecule has 0 amide bonds. The Hall–Kier alpha value is -0.760. The summed E-state index contributed by atoms with van der Waals surface area (Å²) in [5, 5.41) is 0. The van der Waals surface area contributed by atoms with E-state index in [-0.39, 0.29) is 11.2 Å². The van der Waals surface area contributed by atoms with E-state index in [9.17, 15) is 4.79 Å². The number of hydrogen-bond acceptors (Lipinski definition) is 2. The molecule has 0 fully saturated rings. The van der Waals surface area contributed by atoms with E-state index in [1.807, 2.05) is 12.1 Å². The van der Waals surface area contributed by atoms with Gasteiger partial charge in [0.15, 0.2) is 5.78 Å². The number of carbonyl (C=O) groups is 1. The number of thioether (sulfide) groups is 1. The predicted molar refractivity (Wildman–Crippen MR) is 72.5 cm³/mol. The SMILES string of the molecule is CCSCC(=O)c1ccc(C(C)(C)C)cc1. The fourth-order valence-electron chi connectivity index (χ4n) is 1.43. The van der Waals surface area contributed by atoms with Crippen LogP contribution >= 0.6 is 11.8 Å². The molecule has 1 rings (SSSR count). The maximum Gasteiger partial charge on any atom is 0.172 e. The van der Waals surface area contributed by atoms with Crippen molar-refractivity contribution in [1.29, 1.82) is 0 Å². The van der Waals surface area contributed by atoms with E-state index in [2.05, 4.69) is 39.8 Å². The molecule has 16 heavy (non-hydrogen) atoms. The lowest BCUT2D eigenvalue weighted by atomic mass is 9.86. The van der Waals surface area contributed by atoms with Gasteiger partial charge in [0.1, 0.15) is 0 Å². The molecule has 1 nitrogen and oxygen atoms in total. The van der Waals surface area contributed by atoms with Crippen molar-refractivity contribution in [3.63, 3.8) is 0 Å². The summed E-state index contributed by atoms with van der Waals surface area (Å²) in [6, 6.07) is 8.01. The number of rotatable bonds is 4. The van der Waals surface area contributed by atoms with Crippen LogP contribution in [0.15, 0.2) is 24.3 Å². The van der Waals surface area contributed by atoms with Gasteiger partial charge in [-0.1, -0.05) is 52.0 Å². The number of Topliss-reactive ketones (excluding diaryl/α,β-unsaturated/α-hetero) is 1. The van der Waals surface area contributed by atoms with Crippen molar-refractivity contribution >= 4 is 17.5 Å². The molecule has 1 aromatic carbocycles. The van der Waals surface area contributed by atoms with Gasteiger partial charge in [0, 0.05) is 5.56 Å². The molecule has 88 valence electrons. The molecule has 0 aliphatic heterocycles. The van der Waals surface area contributed by atoms with Gasteiger partial charge in [-0.3, -0.25) is 4.79 Å². The van der Waals surface area contributed by atoms with Crippen LogP contribution in [-0.4, -0.2) is 17.3 Å². The Balaban J connectivity index is 2.75. The van der Waals surface area contributed by atoms with Crippen molar-refractivity contribution in [2.45, 2.75) is 33.1 Å². The van der Waals surface area contributed by atoms with Crippen molar-refractivity contribution in [2.24, 2.45) is 0 Å². The van der Waals surface area contributed by atoms with Crippen LogP contribution in [0.2, 0.25) is 0 Å². The molecule has 0 unspecified atom stereocenters. The van der Waals surface area contributed by atoms with E-state index in [1.165, 1.54) is 5.56 Å². The zero-order valence-corrected chi connectivity index (χ0v) is 11.4. The molecular formula is C14H20OS. The summed E-state index contributed by atoms with van der Waals surface area (Å²) < 4.78 is 0. The maximum atomic E-state index is 11.7. The maximum absolute atomic E-state index is 11.7. The number of benzene rings is 1. The number of ketones is 1. The fraction of sp³-hybridized carbons (Fsp3) is 0.500. The van der Waals surface area contributed by atoms with Crippen molar-refractivity contribution < 1.29 is 4.79 Å². The lowest BCUT2D eigenvalue weighted by Crippen LogP contribution is -2.11. The normalized spacial score (nSPS) is 11.5. The highest BCUT2D eigenvalue weighted by Crippen LogP contribution is 2.22. The second-order valence-corrected chi connectivity index (χ2v) is 6.16. The molecule has 0 N–H and O–H groups in total. The van der Waals surface area contributed by atoms with E-state index >= 15 is 0 Å². The molecule has 0 aliphatic carbocycles. The molecule has 0 heterocycles. The van der Waals surface area contributed by atoms with E-state index in [0.717, 1.165) is 11.3 Å². The van der Waals surface area contributed by atoms with Gasteiger partial charge in [0.05, 0.1) is 5.75 Å². The molecule has 0 aliphatic rings. The first-order valence-electron chi connectivity index (χ1n) is 5.66. The Morgan fingerprint density at radius 2 is 1.75 bits per heavy atom. The van der Waals surface area contributed by atoms with E-state index in [4.69, 9.17) is 0 Å². The summed E-state index contributed by atoms with van der Waals surface area (Å²) in [6.07, 6.45) is 0. The zero-order valence-electron chi connectivity index (χ0n) is 10.5. The van der Waals surface area contributed by atoms with Gasteiger partial charge in [0.2, 0.25) is 0 Å². The van der Waals surface area contributed by atoms with Crippen LogP contribution in [0.5, 0.6) is 0 Å². The monoisotopic (exact) mass is 236 g/mol. The minimum absolute atomic E-state index is 0.153. The molecule has 0 radical (unpaired) electrons. The van der Waals surface area contributed by atoms with Crippen molar-refractivity contribution in [3.05, 3.63) is 35.4 Å². The van der Waals surface area contributed by atoms with Gasteiger partial charge in [-0.25, -0.2) is 0 Å². The van der Waals surface area contributed by atoms with Gasteiger partial charge in [-0.2, -0.15) is 11.8 Å². The molecule has 0 saturated heterocycles. The first-order valence-corrected chi connectivity index (χ1v) is 6.82. The third-order valence-electron chi connectivity index (χ3n) is 2.51. The molecule has 0 atom stereocenters. The van der Waals surface area contributed by atoms with Crippen molar-refractivity contribution in [2.75, 3.05) is 11.5 Å². The van der Waals surface area contributed by atoms with E-state index < -0.39 is 0 Å². The summed E-state index contributed by atoms with van der Waals surface area (Å²) in [7, 11) is 0. The average Bonchev–Trinajstić information content (AvgIpc) is 2.25. The first-order chi connectivity index (χ1) is 7.45. The van der Waals surface area contributed by atoms with Crippen LogP contribution in [0.1, 0.15) is 43.6 Å². The lowest BCUT2D eigenvalue weighted by Gasteiger charge is -2.18. The van der Waals surface area contributed by atoms with Gasteiger partial charge in [-0.15, -0.1) is 0 Å². The average molecular weight is 236 g/mol. The minimum Gasteiger partial charge on any atom is -0.293 e. The Kier molecular flexibility index (Phi) is 4.60. The lowest BCUT2D eigenvalue weighted by molar-refractivity contribution is 0.102. The standard InChI is InChI=1S/C14H20OS/c1-5-16-10-13(15)11-6-8-12(9-7-11)14(2,3)4/h6-9H,5,10H2,1-4H3. The van der Waals surface area contributed by atoms with Crippen LogP contribution in [0, 0.1) is 0 Å². The largest absolute Gasteiger partial charge is 0.293 e. The Labute approximate surface area is 103 Å². The molecule has 0 aromatic heterocycles. The van der Waals surface area contributed by atoms with Crippen LogP contribution in [-0.2, 0) is 5.41 Å². The van der Waals surface area contributed by atoms with Gasteiger partial charge in [-0.05, 0) is 16.7 Å². The quantitative estimate of drug-likeness (QED) is 0.737. The summed E-state index contributed by atoms with van der Waals surface area (Å²) in [5.41, 5.74) is 2.25. The Morgan fingerprint density at radius 3 is 2.19 bits per heavy atom. The van der Waals surface area contributed by atoms with E-state index in [0.29, 0.717) is 5.75 Å². The highest BCUT2D eigenvalue weighted by atomic mass is 32.2. The zero-order chi connectivity index (χ0) is 12.2. The summed E-state index contributed by atoms with van der Waals surface area (Å²) in [5.74, 6) is 1.81. The number of hydrogen-bond donors (Lipinski definition) is 0. The third-order valence-corrected chi connectivity index (χ3v) is 3.38. The Bertz CT molecular complexity index is 346. The van der Waals surface area contributed by atoms with Gasteiger partial charge < -0.3 is 0 Å². The van der Waals surface area contributed by atoms with Crippen molar-refractivity contribution in [3.8, 4) is 0 Å². The fourth-order valence-corrected chi connectivity index (χ4v) is 1.99. The smallest absolute Gasteiger partial charge is 0.172 e.